The van der Waals surface area contributed by atoms with Gasteiger partial charge in [-0.3, -0.25) is 9.59 Å². The molecule has 38 heavy (non-hydrogen) atoms. The molecule has 0 bridgehead atoms. The molecule has 3 heterocycles. The van der Waals surface area contributed by atoms with Crippen LogP contribution in [0.25, 0.3) is 11.2 Å². The highest BCUT2D eigenvalue weighted by Gasteiger charge is 2.47. The molecule has 1 saturated carbocycles. The molecule has 7 nitrogen and oxygen atoms in total. The molecular formula is C27H27ClF3N5O2. The summed E-state index contributed by atoms with van der Waals surface area (Å²) < 4.78 is 40.9. The Morgan fingerprint density at radius 3 is 2.66 bits per heavy atom. The lowest BCUT2D eigenvalue weighted by Crippen LogP contribution is -2.41. The van der Waals surface area contributed by atoms with E-state index in [-0.39, 0.29) is 39.5 Å². The van der Waals surface area contributed by atoms with Crippen LogP contribution in [0.2, 0.25) is 5.02 Å². The Labute approximate surface area is 221 Å². The molecule has 2 aromatic heterocycles. The van der Waals surface area contributed by atoms with Crippen molar-refractivity contribution in [1.82, 2.24) is 19.9 Å². The molecule has 0 unspecified atom stereocenters. The van der Waals surface area contributed by atoms with E-state index in [0.717, 1.165) is 80.3 Å². The van der Waals surface area contributed by atoms with Gasteiger partial charge in [-0.15, -0.1) is 0 Å². The van der Waals surface area contributed by atoms with Crippen molar-refractivity contribution >= 4 is 34.4 Å². The summed E-state index contributed by atoms with van der Waals surface area (Å²) in [5, 5.41) is 5.81. The Hall–Kier alpha value is -2.98. The van der Waals surface area contributed by atoms with Gasteiger partial charge in [0, 0.05) is 22.6 Å². The third-order valence-corrected chi connectivity index (χ3v) is 8.45. The molecule has 6 rings (SSSR count). The number of amides is 1. The van der Waals surface area contributed by atoms with Gasteiger partial charge in [0.2, 0.25) is 11.3 Å². The number of halogens is 4. The monoisotopic (exact) mass is 545 g/mol. The summed E-state index contributed by atoms with van der Waals surface area (Å²) >= 11 is 6.07. The average Bonchev–Trinajstić information content (AvgIpc) is 3.68. The molecule has 1 atom stereocenters. The van der Waals surface area contributed by atoms with Crippen molar-refractivity contribution in [3.8, 4) is 0 Å². The third kappa shape index (κ3) is 4.27. The fourth-order valence-corrected chi connectivity index (χ4v) is 6.49. The Morgan fingerprint density at radius 1 is 1.26 bits per heavy atom. The second kappa shape index (κ2) is 9.05. The predicted molar refractivity (Wildman–Crippen MR) is 138 cm³/mol. The standard InChI is InChI=1S/C27H27ClF3N5O2/c1-14-11-26(6-8-32-9-7-26)21-23(14)36(25-22(24(21)38)35-19(12-33-25)15-2-3-15)13-20(37)34-18-5-4-16(10-17(18)28)27(29,30)31/h4-5,10,12,14-15,32H,2-3,6-9,11,13H2,1H3,(H,34,37)/t14-/m0/s1. The van der Waals surface area contributed by atoms with Gasteiger partial charge in [-0.25, -0.2) is 9.97 Å². The number of carbonyl (C=O) groups is 1. The van der Waals surface area contributed by atoms with E-state index in [2.05, 4.69) is 22.5 Å². The van der Waals surface area contributed by atoms with E-state index in [9.17, 15) is 22.8 Å². The van der Waals surface area contributed by atoms with Crippen LogP contribution >= 0.6 is 11.6 Å². The smallest absolute Gasteiger partial charge is 0.323 e. The number of hydrogen-bond acceptors (Lipinski definition) is 5. The maximum atomic E-state index is 14.0. The van der Waals surface area contributed by atoms with Gasteiger partial charge in [-0.05, 0) is 69.3 Å². The first-order valence-corrected chi connectivity index (χ1v) is 13.3. The fourth-order valence-electron chi connectivity index (χ4n) is 6.26. The maximum absolute atomic E-state index is 14.0. The number of benzene rings is 1. The van der Waals surface area contributed by atoms with Gasteiger partial charge in [0.15, 0.2) is 11.2 Å². The molecule has 1 aromatic carbocycles. The molecule has 2 N–H and O–H groups in total. The van der Waals surface area contributed by atoms with Crippen LogP contribution in [0.5, 0.6) is 0 Å². The molecule has 1 spiro atoms. The van der Waals surface area contributed by atoms with Crippen molar-refractivity contribution in [2.75, 3.05) is 18.4 Å². The second-order valence-corrected chi connectivity index (χ2v) is 11.2. The lowest BCUT2D eigenvalue weighted by atomic mass is 9.74. The van der Waals surface area contributed by atoms with Crippen molar-refractivity contribution < 1.29 is 18.0 Å². The molecule has 3 aromatic rings. The first-order valence-electron chi connectivity index (χ1n) is 12.9. The van der Waals surface area contributed by atoms with E-state index < -0.39 is 17.6 Å². The number of anilines is 1. The molecule has 200 valence electrons. The average molecular weight is 546 g/mol. The summed E-state index contributed by atoms with van der Waals surface area (Å²) in [7, 11) is 0. The Bertz CT molecular complexity index is 1510. The van der Waals surface area contributed by atoms with Gasteiger partial charge >= 0.3 is 6.18 Å². The minimum absolute atomic E-state index is 0.0209. The lowest BCUT2D eigenvalue weighted by Gasteiger charge is -2.34. The summed E-state index contributed by atoms with van der Waals surface area (Å²) in [6.45, 7) is 3.51. The number of pyridine rings is 1. The number of carbonyl (C=O) groups excluding carboxylic acids is 1. The van der Waals surface area contributed by atoms with Crippen LogP contribution in [0.15, 0.2) is 29.2 Å². The number of piperidine rings is 1. The molecule has 0 radical (unpaired) electrons. The Kier molecular flexibility index (Phi) is 6.03. The van der Waals surface area contributed by atoms with Crippen LogP contribution in [0, 0.1) is 0 Å². The SMILES string of the molecule is C[C@H]1CC2(CCNCC2)c2c1n(CC(=O)Nc1ccc(C(F)(F)F)cc1Cl)c1ncc(C3CC3)nc1c2=O. The molecule has 3 aliphatic rings. The van der Waals surface area contributed by atoms with E-state index in [1.165, 1.54) is 0 Å². The second-order valence-electron chi connectivity index (χ2n) is 10.8. The van der Waals surface area contributed by atoms with E-state index in [1.807, 2.05) is 0 Å². The lowest BCUT2D eigenvalue weighted by molar-refractivity contribution is -0.137. The van der Waals surface area contributed by atoms with E-state index in [1.54, 1.807) is 10.8 Å². The summed E-state index contributed by atoms with van der Waals surface area (Å²) in [6, 6.07) is 2.81. The zero-order chi connectivity index (χ0) is 26.8. The largest absolute Gasteiger partial charge is 0.416 e. The zero-order valence-electron chi connectivity index (χ0n) is 20.8. The van der Waals surface area contributed by atoms with Gasteiger partial charge in [-0.1, -0.05) is 18.5 Å². The highest BCUT2D eigenvalue weighted by molar-refractivity contribution is 6.33. The molecular weight excluding hydrogens is 519 g/mol. The van der Waals surface area contributed by atoms with Gasteiger partial charge < -0.3 is 15.2 Å². The number of hydrogen-bond donors (Lipinski definition) is 2. The number of fused-ring (bicyclic) bond motifs is 3. The van der Waals surface area contributed by atoms with Crippen molar-refractivity contribution in [3.63, 3.8) is 0 Å². The van der Waals surface area contributed by atoms with Crippen LogP contribution in [-0.2, 0) is 22.9 Å². The van der Waals surface area contributed by atoms with Gasteiger partial charge in [-0.2, -0.15) is 13.2 Å². The number of nitrogens with zero attached hydrogens (tertiary/aromatic N) is 3. The number of alkyl halides is 3. The molecule has 1 aliphatic heterocycles. The minimum Gasteiger partial charge on any atom is -0.323 e. The van der Waals surface area contributed by atoms with Crippen molar-refractivity contribution in [1.29, 1.82) is 0 Å². The van der Waals surface area contributed by atoms with Crippen molar-refractivity contribution in [2.45, 2.75) is 69.0 Å². The highest BCUT2D eigenvalue weighted by Crippen LogP contribution is 2.50. The molecule has 1 saturated heterocycles. The van der Waals surface area contributed by atoms with Crippen LogP contribution in [0.1, 0.15) is 73.4 Å². The number of aromatic nitrogens is 3. The summed E-state index contributed by atoms with van der Waals surface area (Å²) in [6.07, 6.45) is 1.64. The predicted octanol–water partition coefficient (Wildman–Crippen LogP) is 5.11. The first-order chi connectivity index (χ1) is 18.1. The van der Waals surface area contributed by atoms with E-state index in [0.29, 0.717) is 11.6 Å². The normalized spacial score (nSPS) is 20.6. The van der Waals surface area contributed by atoms with Crippen LogP contribution in [-0.4, -0.2) is 33.5 Å². The van der Waals surface area contributed by atoms with Crippen molar-refractivity contribution in [3.05, 3.63) is 62.2 Å². The zero-order valence-corrected chi connectivity index (χ0v) is 21.5. The van der Waals surface area contributed by atoms with Crippen LogP contribution in [0.3, 0.4) is 0 Å². The van der Waals surface area contributed by atoms with E-state index in [4.69, 9.17) is 16.6 Å². The van der Waals surface area contributed by atoms with Gasteiger partial charge in [0.25, 0.3) is 0 Å². The molecule has 11 heteroatoms. The summed E-state index contributed by atoms with van der Waals surface area (Å²) in [5.74, 6) is -0.150. The minimum atomic E-state index is -4.54. The number of nitrogens with one attached hydrogen (secondary N) is 2. The third-order valence-electron chi connectivity index (χ3n) is 8.14. The molecule has 2 fully saturated rings. The fraction of sp³-hybridized carbons (Fsp3) is 0.481. The van der Waals surface area contributed by atoms with Gasteiger partial charge in [0.1, 0.15) is 6.54 Å². The van der Waals surface area contributed by atoms with Gasteiger partial charge in [0.05, 0.1) is 28.2 Å². The Morgan fingerprint density at radius 2 is 2.00 bits per heavy atom. The van der Waals surface area contributed by atoms with Crippen LogP contribution in [0.4, 0.5) is 18.9 Å². The Balaban J connectivity index is 1.43. The first kappa shape index (κ1) is 25.3. The number of rotatable bonds is 4. The topological polar surface area (TPSA) is 88.9 Å². The quantitative estimate of drug-likeness (QED) is 0.476. The maximum Gasteiger partial charge on any atom is 0.416 e. The van der Waals surface area contributed by atoms with E-state index >= 15 is 0 Å². The molecule has 1 amide bonds. The highest BCUT2D eigenvalue weighted by atomic mass is 35.5. The summed E-state index contributed by atoms with van der Waals surface area (Å²) in [5.41, 5.74) is 1.77. The van der Waals surface area contributed by atoms with Crippen molar-refractivity contribution in [2.24, 2.45) is 0 Å². The van der Waals surface area contributed by atoms with Crippen LogP contribution < -0.4 is 16.1 Å². The summed E-state index contributed by atoms with van der Waals surface area (Å²) in [4.78, 5) is 36.6. The molecule has 2 aliphatic carbocycles.